The molecule has 3 nitrogen and oxygen atoms in total. The van der Waals surface area contributed by atoms with E-state index in [9.17, 15) is 9.90 Å². The second kappa shape index (κ2) is 7.34. The van der Waals surface area contributed by atoms with E-state index < -0.39 is 0 Å². The van der Waals surface area contributed by atoms with Gasteiger partial charge in [0.25, 0.3) is 5.91 Å². The van der Waals surface area contributed by atoms with Gasteiger partial charge in [-0.25, -0.2) is 0 Å². The zero-order chi connectivity index (χ0) is 15.1. The van der Waals surface area contributed by atoms with Crippen molar-refractivity contribution in [2.24, 2.45) is 0 Å². The molecular formula is C17H21NO2. The largest absolute Gasteiger partial charge is 0.506 e. The van der Waals surface area contributed by atoms with Crippen molar-refractivity contribution in [3.63, 3.8) is 0 Å². The lowest BCUT2D eigenvalue weighted by atomic mass is 10.1. The van der Waals surface area contributed by atoms with Gasteiger partial charge in [0.2, 0.25) is 0 Å². The molecule has 0 aliphatic rings. The maximum Gasteiger partial charge on any atom is 0.255 e. The Balaban J connectivity index is 2.90. The predicted octanol–water partition coefficient (Wildman–Crippen LogP) is 3.96. The summed E-state index contributed by atoms with van der Waals surface area (Å²) in [6.07, 6.45) is 6.71. The number of rotatable bonds is 4. The van der Waals surface area contributed by atoms with E-state index in [0.29, 0.717) is 11.3 Å². The second-order valence-corrected chi connectivity index (χ2v) is 4.53. The highest BCUT2D eigenvalue weighted by Gasteiger charge is 2.10. The zero-order valence-electron chi connectivity index (χ0n) is 12.4. The number of carbonyl (C=O) groups is 1. The van der Waals surface area contributed by atoms with Crippen LogP contribution in [0.15, 0.2) is 54.0 Å². The molecule has 1 aromatic carbocycles. The second-order valence-electron chi connectivity index (χ2n) is 4.53. The van der Waals surface area contributed by atoms with E-state index in [-0.39, 0.29) is 11.7 Å². The lowest BCUT2D eigenvalue weighted by Crippen LogP contribution is -2.24. The molecule has 0 spiro atoms. The average molecular weight is 271 g/mol. The Morgan fingerprint density at radius 3 is 2.45 bits per heavy atom. The summed E-state index contributed by atoms with van der Waals surface area (Å²) in [6, 6.07) is 5.53. The summed E-state index contributed by atoms with van der Waals surface area (Å²) in [5.74, 6) is -0.204. The van der Waals surface area contributed by atoms with E-state index in [1.807, 2.05) is 32.9 Å². The smallest absolute Gasteiger partial charge is 0.255 e. The van der Waals surface area contributed by atoms with Crippen LogP contribution in [-0.2, 0) is 0 Å². The maximum absolute atomic E-state index is 12.1. The highest BCUT2D eigenvalue weighted by molar-refractivity contribution is 5.95. The predicted molar refractivity (Wildman–Crippen MR) is 82.7 cm³/mol. The molecule has 0 atom stereocenters. The van der Waals surface area contributed by atoms with E-state index in [2.05, 4.69) is 5.32 Å². The first-order valence-electron chi connectivity index (χ1n) is 6.56. The number of allylic oxidation sites excluding steroid dienone is 4. The summed E-state index contributed by atoms with van der Waals surface area (Å²) in [7, 11) is 0. The molecule has 0 aliphatic heterocycles. The highest BCUT2D eigenvalue weighted by atomic mass is 16.3. The standard InChI is InChI=1S/C17H21NO2/c1-5-7-8-16(19)15(6-2)18-17(20)14-10-9-12(3)13(4)11-14/h5-11,19H,1-4H3,(H,18,20)/b7-5-,15-6+,16-8+. The molecule has 20 heavy (non-hydrogen) atoms. The third-order valence-corrected chi connectivity index (χ3v) is 3.03. The normalized spacial score (nSPS) is 12.8. The fourth-order valence-electron chi connectivity index (χ4n) is 1.64. The van der Waals surface area contributed by atoms with Crippen LogP contribution in [0.3, 0.4) is 0 Å². The number of amides is 1. The van der Waals surface area contributed by atoms with Crippen LogP contribution in [-0.4, -0.2) is 11.0 Å². The van der Waals surface area contributed by atoms with Gasteiger partial charge in [-0.1, -0.05) is 24.3 Å². The molecule has 0 heterocycles. The third-order valence-electron chi connectivity index (χ3n) is 3.03. The van der Waals surface area contributed by atoms with Crippen LogP contribution in [0.1, 0.15) is 35.3 Å². The summed E-state index contributed by atoms with van der Waals surface area (Å²) < 4.78 is 0. The van der Waals surface area contributed by atoms with E-state index in [0.717, 1.165) is 11.1 Å². The van der Waals surface area contributed by atoms with Crippen molar-refractivity contribution in [1.82, 2.24) is 5.32 Å². The molecule has 0 bridgehead atoms. The number of benzene rings is 1. The zero-order valence-corrected chi connectivity index (χ0v) is 12.4. The summed E-state index contributed by atoms with van der Waals surface area (Å²) in [6.45, 7) is 7.58. The van der Waals surface area contributed by atoms with Gasteiger partial charge in [0.1, 0.15) is 5.76 Å². The van der Waals surface area contributed by atoms with Crippen LogP contribution in [0.25, 0.3) is 0 Å². The number of hydrogen-bond donors (Lipinski definition) is 2. The minimum absolute atomic E-state index is 0.0304. The SMILES string of the molecule is C\C=C/C=C(O)\C(=C/C)NC(=O)c1ccc(C)c(C)c1. The van der Waals surface area contributed by atoms with Crippen molar-refractivity contribution in [2.45, 2.75) is 27.7 Å². The van der Waals surface area contributed by atoms with Crippen molar-refractivity contribution in [1.29, 1.82) is 0 Å². The van der Waals surface area contributed by atoms with E-state index in [1.54, 1.807) is 31.2 Å². The molecule has 0 aromatic heterocycles. The molecule has 0 radical (unpaired) electrons. The Morgan fingerprint density at radius 1 is 1.20 bits per heavy atom. The fourth-order valence-corrected chi connectivity index (χ4v) is 1.64. The molecule has 3 heteroatoms. The van der Waals surface area contributed by atoms with Gasteiger partial charge >= 0.3 is 0 Å². The van der Waals surface area contributed by atoms with Crippen LogP contribution < -0.4 is 5.32 Å². The lowest BCUT2D eigenvalue weighted by Gasteiger charge is -2.10. The van der Waals surface area contributed by atoms with Crippen LogP contribution in [0.2, 0.25) is 0 Å². The molecule has 0 fully saturated rings. The topological polar surface area (TPSA) is 49.3 Å². The summed E-state index contributed by atoms with van der Waals surface area (Å²) in [4.78, 5) is 12.1. The molecule has 0 saturated carbocycles. The molecule has 106 valence electrons. The van der Waals surface area contributed by atoms with Crippen molar-refractivity contribution in [2.75, 3.05) is 0 Å². The summed E-state index contributed by atoms with van der Waals surface area (Å²) >= 11 is 0. The van der Waals surface area contributed by atoms with Crippen LogP contribution >= 0.6 is 0 Å². The summed E-state index contributed by atoms with van der Waals surface area (Å²) in [5, 5.41) is 12.6. The van der Waals surface area contributed by atoms with Gasteiger partial charge in [-0.15, -0.1) is 0 Å². The van der Waals surface area contributed by atoms with Crippen molar-refractivity contribution in [3.05, 3.63) is 70.6 Å². The van der Waals surface area contributed by atoms with Gasteiger partial charge in [0, 0.05) is 5.56 Å². The van der Waals surface area contributed by atoms with Gasteiger partial charge < -0.3 is 10.4 Å². The third kappa shape index (κ3) is 4.12. The molecular weight excluding hydrogens is 250 g/mol. The Bertz CT molecular complexity index is 581. The molecule has 0 unspecified atom stereocenters. The minimum Gasteiger partial charge on any atom is -0.506 e. The summed E-state index contributed by atoms with van der Waals surface area (Å²) in [5.41, 5.74) is 3.18. The number of carbonyl (C=O) groups excluding carboxylic acids is 1. The molecule has 1 amide bonds. The molecule has 2 N–H and O–H groups in total. The van der Waals surface area contributed by atoms with Crippen LogP contribution in [0.4, 0.5) is 0 Å². The minimum atomic E-state index is -0.235. The number of hydrogen-bond acceptors (Lipinski definition) is 2. The maximum atomic E-state index is 12.1. The van der Waals surface area contributed by atoms with Gasteiger partial charge in [-0.3, -0.25) is 4.79 Å². The Morgan fingerprint density at radius 2 is 1.90 bits per heavy atom. The van der Waals surface area contributed by atoms with Gasteiger partial charge in [0.05, 0.1) is 5.70 Å². The fraction of sp³-hybridized carbons (Fsp3) is 0.235. The first kappa shape index (κ1) is 15.8. The first-order chi connectivity index (χ1) is 9.49. The van der Waals surface area contributed by atoms with E-state index in [1.165, 1.54) is 6.08 Å². The number of aliphatic hydroxyl groups excluding tert-OH is 1. The Kier molecular flexibility index (Phi) is 5.78. The number of nitrogens with one attached hydrogen (secondary N) is 1. The molecule has 0 saturated heterocycles. The lowest BCUT2D eigenvalue weighted by molar-refractivity contribution is 0.0964. The Hall–Kier alpha value is -2.29. The van der Waals surface area contributed by atoms with Gasteiger partial charge in [0.15, 0.2) is 0 Å². The van der Waals surface area contributed by atoms with Crippen LogP contribution in [0.5, 0.6) is 0 Å². The van der Waals surface area contributed by atoms with Crippen molar-refractivity contribution in [3.8, 4) is 0 Å². The van der Waals surface area contributed by atoms with Crippen molar-refractivity contribution >= 4 is 5.91 Å². The van der Waals surface area contributed by atoms with E-state index >= 15 is 0 Å². The number of aryl methyl sites for hydroxylation is 2. The van der Waals surface area contributed by atoms with Gasteiger partial charge in [-0.05, 0) is 57.0 Å². The van der Waals surface area contributed by atoms with Gasteiger partial charge in [-0.2, -0.15) is 0 Å². The first-order valence-corrected chi connectivity index (χ1v) is 6.56. The molecule has 1 rings (SSSR count). The van der Waals surface area contributed by atoms with Crippen LogP contribution in [0, 0.1) is 13.8 Å². The molecule has 0 aliphatic carbocycles. The number of aliphatic hydroxyl groups is 1. The van der Waals surface area contributed by atoms with Crippen molar-refractivity contribution < 1.29 is 9.90 Å². The monoisotopic (exact) mass is 271 g/mol. The average Bonchev–Trinajstić information content (AvgIpc) is 2.44. The Labute approximate surface area is 120 Å². The highest BCUT2D eigenvalue weighted by Crippen LogP contribution is 2.11. The quantitative estimate of drug-likeness (QED) is 0.643. The molecule has 1 aromatic rings. The van der Waals surface area contributed by atoms with E-state index in [4.69, 9.17) is 0 Å².